The van der Waals surface area contributed by atoms with Crippen molar-refractivity contribution in [3.63, 3.8) is 0 Å². The van der Waals surface area contributed by atoms with E-state index >= 15 is 0 Å². The van der Waals surface area contributed by atoms with Gasteiger partial charge < -0.3 is 14.4 Å². The van der Waals surface area contributed by atoms with Crippen molar-refractivity contribution in [2.45, 2.75) is 50.5 Å². The quantitative estimate of drug-likeness (QED) is 0.841. The first-order chi connectivity index (χ1) is 11.5. The molecule has 0 unspecified atom stereocenters. The lowest BCUT2D eigenvalue weighted by Gasteiger charge is -2.54. The zero-order valence-electron chi connectivity index (χ0n) is 13.8. The van der Waals surface area contributed by atoms with Crippen molar-refractivity contribution >= 4 is 5.91 Å². The van der Waals surface area contributed by atoms with E-state index < -0.39 is 6.17 Å². The molecule has 0 bridgehead atoms. The molecule has 1 saturated carbocycles. The van der Waals surface area contributed by atoms with Crippen LogP contribution in [-0.4, -0.2) is 58.3 Å². The van der Waals surface area contributed by atoms with E-state index in [2.05, 4.69) is 9.97 Å². The van der Waals surface area contributed by atoms with Gasteiger partial charge in [-0.1, -0.05) is 0 Å². The minimum atomic E-state index is -0.798. The fraction of sp³-hybridized carbons (Fsp3) is 0.706. The van der Waals surface area contributed by atoms with Gasteiger partial charge in [0, 0.05) is 25.0 Å². The Balaban J connectivity index is 1.32. The third kappa shape index (κ3) is 2.97. The Morgan fingerprint density at radius 3 is 2.92 bits per heavy atom. The molecule has 1 amide bonds. The van der Waals surface area contributed by atoms with Gasteiger partial charge in [-0.25, -0.2) is 9.37 Å². The molecule has 24 heavy (non-hydrogen) atoms. The Kier molecular flexibility index (Phi) is 3.90. The number of aromatic nitrogens is 2. The van der Waals surface area contributed by atoms with Crippen molar-refractivity contribution in [2.24, 2.45) is 5.92 Å². The first-order valence-corrected chi connectivity index (χ1v) is 8.55. The van der Waals surface area contributed by atoms with E-state index in [1.165, 1.54) is 0 Å². The number of ether oxygens (including phenoxy) is 2. The SMILES string of the molecule is Cc1cncc(O[C@@H]2CCOC3(C2)CN(C(=O)C2CC(F)C2)C3)n1. The van der Waals surface area contributed by atoms with Crippen molar-refractivity contribution in [1.82, 2.24) is 14.9 Å². The molecule has 1 aromatic heterocycles. The first-order valence-electron chi connectivity index (χ1n) is 8.55. The monoisotopic (exact) mass is 335 g/mol. The molecule has 1 aliphatic carbocycles. The molecule has 3 heterocycles. The summed E-state index contributed by atoms with van der Waals surface area (Å²) < 4.78 is 24.8. The average molecular weight is 335 g/mol. The van der Waals surface area contributed by atoms with Gasteiger partial charge in [0.15, 0.2) is 0 Å². The van der Waals surface area contributed by atoms with Crippen molar-refractivity contribution in [2.75, 3.05) is 19.7 Å². The molecule has 3 fully saturated rings. The molecule has 1 aromatic rings. The zero-order valence-corrected chi connectivity index (χ0v) is 13.8. The van der Waals surface area contributed by atoms with E-state index in [0.717, 1.165) is 18.5 Å². The van der Waals surface area contributed by atoms with Crippen LogP contribution in [0.25, 0.3) is 0 Å². The van der Waals surface area contributed by atoms with Crippen LogP contribution in [-0.2, 0) is 9.53 Å². The smallest absolute Gasteiger partial charge is 0.232 e. The highest BCUT2D eigenvalue weighted by atomic mass is 19.1. The van der Waals surface area contributed by atoms with E-state index in [4.69, 9.17) is 9.47 Å². The van der Waals surface area contributed by atoms with Gasteiger partial charge in [-0.05, 0) is 19.8 Å². The molecule has 6 nitrogen and oxygen atoms in total. The summed E-state index contributed by atoms with van der Waals surface area (Å²) in [6.45, 7) is 3.66. The molecule has 130 valence electrons. The molecule has 2 aliphatic heterocycles. The van der Waals surface area contributed by atoms with Gasteiger partial charge >= 0.3 is 0 Å². The van der Waals surface area contributed by atoms with Crippen LogP contribution in [0.2, 0.25) is 0 Å². The van der Waals surface area contributed by atoms with Crippen molar-refractivity contribution < 1.29 is 18.7 Å². The van der Waals surface area contributed by atoms with Crippen LogP contribution in [0.15, 0.2) is 12.4 Å². The summed E-state index contributed by atoms with van der Waals surface area (Å²) in [4.78, 5) is 22.5. The van der Waals surface area contributed by atoms with Crippen LogP contribution in [0.5, 0.6) is 5.88 Å². The van der Waals surface area contributed by atoms with Crippen molar-refractivity contribution in [1.29, 1.82) is 0 Å². The highest BCUT2D eigenvalue weighted by molar-refractivity contribution is 5.81. The van der Waals surface area contributed by atoms with E-state index in [-0.39, 0.29) is 23.5 Å². The summed E-state index contributed by atoms with van der Waals surface area (Å²) in [6, 6.07) is 0. The molecule has 1 atom stereocenters. The molecule has 0 N–H and O–H groups in total. The van der Waals surface area contributed by atoms with E-state index in [0.29, 0.717) is 38.4 Å². The number of hydrogen-bond acceptors (Lipinski definition) is 5. The van der Waals surface area contributed by atoms with Crippen LogP contribution >= 0.6 is 0 Å². The highest BCUT2D eigenvalue weighted by Crippen LogP contribution is 2.39. The van der Waals surface area contributed by atoms with Crippen LogP contribution in [0.4, 0.5) is 4.39 Å². The topological polar surface area (TPSA) is 64.6 Å². The number of amides is 1. The number of alkyl halides is 1. The second-order valence-electron chi connectivity index (χ2n) is 7.22. The van der Waals surface area contributed by atoms with Crippen LogP contribution in [0.3, 0.4) is 0 Å². The van der Waals surface area contributed by atoms with Crippen LogP contribution in [0, 0.1) is 12.8 Å². The van der Waals surface area contributed by atoms with Gasteiger partial charge in [-0.2, -0.15) is 0 Å². The molecule has 7 heteroatoms. The minimum absolute atomic E-state index is 0.0195. The predicted molar refractivity (Wildman–Crippen MR) is 83.3 cm³/mol. The molecule has 2 saturated heterocycles. The second-order valence-corrected chi connectivity index (χ2v) is 7.22. The third-order valence-corrected chi connectivity index (χ3v) is 5.17. The van der Waals surface area contributed by atoms with Gasteiger partial charge in [0.2, 0.25) is 11.8 Å². The molecular formula is C17H22FN3O3. The Morgan fingerprint density at radius 2 is 2.21 bits per heavy atom. The molecule has 4 rings (SSSR count). The summed E-state index contributed by atoms with van der Waals surface area (Å²) in [5, 5.41) is 0. The maximum Gasteiger partial charge on any atom is 0.232 e. The van der Waals surface area contributed by atoms with Crippen LogP contribution < -0.4 is 4.74 Å². The summed E-state index contributed by atoms with van der Waals surface area (Å²) in [7, 11) is 0. The molecule has 1 spiro atoms. The summed E-state index contributed by atoms with van der Waals surface area (Å²) >= 11 is 0. The fourth-order valence-electron chi connectivity index (χ4n) is 3.79. The van der Waals surface area contributed by atoms with Gasteiger partial charge in [-0.3, -0.25) is 9.78 Å². The van der Waals surface area contributed by atoms with Crippen molar-refractivity contribution in [3.05, 3.63) is 18.1 Å². The van der Waals surface area contributed by atoms with Gasteiger partial charge in [0.25, 0.3) is 0 Å². The number of hydrogen-bond donors (Lipinski definition) is 0. The summed E-state index contributed by atoms with van der Waals surface area (Å²) in [5.74, 6) is 0.481. The van der Waals surface area contributed by atoms with Gasteiger partial charge in [-0.15, -0.1) is 0 Å². The fourth-order valence-corrected chi connectivity index (χ4v) is 3.79. The number of rotatable bonds is 3. The molecule has 0 aromatic carbocycles. The number of likely N-dealkylation sites (tertiary alicyclic amines) is 1. The number of carbonyl (C=O) groups is 1. The lowest BCUT2D eigenvalue weighted by Crippen LogP contribution is -2.68. The standard InChI is InChI=1S/C17H22FN3O3/c1-11-7-19-8-15(20-11)24-14-2-3-23-17(6-14)9-21(10-17)16(22)12-4-13(18)5-12/h7-8,12-14H,2-6,9-10H2,1H3/t12?,13?,14-/m1/s1. The lowest BCUT2D eigenvalue weighted by atomic mass is 9.79. The van der Waals surface area contributed by atoms with Crippen molar-refractivity contribution in [3.8, 4) is 5.88 Å². The highest BCUT2D eigenvalue weighted by Gasteiger charge is 2.52. The first kappa shape index (κ1) is 15.7. The maximum atomic E-state index is 12.9. The number of aryl methyl sites for hydroxylation is 1. The number of halogens is 1. The summed E-state index contributed by atoms with van der Waals surface area (Å²) in [5.41, 5.74) is 0.510. The zero-order chi connectivity index (χ0) is 16.7. The Labute approximate surface area is 140 Å². The van der Waals surface area contributed by atoms with E-state index in [1.54, 1.807) is 17.3 Å². The molecular weight excluding hydrogens is 313 g/mol. The predicted octanol–water partition coefficient (Wildman–Crippen LogP) is 1.67. The Morgan fingerprint density at radius 1 is 1.42 bits per heavy atom. The Hall–Kier alpha value is -1.76. The van der Waals surface area contributed by atoms with E-state index in [1.807, 2.05) is 6.92 Å². The minimum Gasteiger partial charge on any atom is -0.473 e. The normalized spacial score (nSPS) is 31.2. The second kappa shape index (κ2) is 5.95. The largest absolute Gasteiger partial charge is 0.473 e. The maximum absolute atomic E-state index is 12.9. The van der Waals surface area contributed by atoms with Gasteiger partial charge in [0.1, 0.15) is 17.9 Å². The summed E-state index contributed by atoms with van der Waals surface area (Å²) in [6.07, 6.45) is 4.83. The van der Waals surface area contributed by atoms with E-state index in [9.17, 15) is 9.18 Å². The molecule has 0 radical (unpaired) electrons. The third-order valence-electron chi connectivity index (χ3n) is 5.17. The molecule has 3 aliphatic rings. The Bertz CT molecular complexity index is 629. The van der Waals surface area contributed by atoms with Crippen LogP contribution in [0.1, 0.15) is 31.4 Å². The average Bonchev–Trinajstić information content (AvgIpc) is 2.49. The number of nitrogens with zero attached hydrogens (tertiary/aromatic N) is 3. The van der Waals surface area contributed by atoms with Gasteiger partial charge in [0.05, 0.1) is 31.6 Å². The number of carbonyl (C=O) groups excluding carboxylic acids is 1. The lowest BCUT2D eigenvalue weighted by molar-refractivity contribution is -0.197.